The maximum Gasteiger partial charge on any atom is 0.410 e. The molecule has 0 spiro atoms. The average molecular weight is 278 g/mol. The molecule has 0 saturated heterocycles. The molecule has 0 atom stereocenters. The van der Waals surface area contributed by atoms with Crippen LogP contribution >= 0.6 is 0 Å². The maximum absolute atomic E-state index is 11.9. The summed E-state index contributed by atoms with van der Waals surface area (Å²) < 4.78 is 7.15. The Bertz CT molecular complexity index is 439. The number of ether oxygens (including phenoxy) is 1. The van der Waals surface area contributed by atoms with Gasteiger partial charge in [0, 0.05) is 50.3 Å². The molecule has 6 nitrogen and oxygen atoms in total. The molecule has 18 heavy (non-hydrogen) atoms. The van der Waals surface area contributed by atoms with Crippen LogP contribution in [-0.2, 0) is 17.8 Å². The standard InChI is InChI=1S/C11H18N4O2.Ar/c1-11(2,3)17-10(16)14-4-5-15-8(7-14)6-9(12)13-15;/h6H,4-5,7H2,1-3H3,(H2,12,13);. The summed E-state index contributed by atoms with van der Waals surface area (Å²) in [6, 6.07) is 1.79. The number of carbonyl (C=O) groups excluding carboxylic acids is 1. The number of hydrogen-bond acceptors (Lipinski definition) is 4. The van der Waals surface area contributed by atoms with Gasteiger partial charge in [0.05, 0.1) is 18.8 Å². The quantitative estimate of drug-likeness (QED) is 0.774. The summed E-state index contributed by atoms with van der Waals surface area (Å²) in [6.45, 7) is 7.33. The molecule has 0 aromatic carbocycles. The summed E-state index contributed by atoms with van der Waals surface area (Å²) in [4.78, 5) is 13.5. The minimum atomic E-state index is -0.464. The first-order chi connectivity index (χ1) is 7.85. The molecule has 7 heteroatoms. The number of anilines is 1. The van der Waals surface area contributed by atoms with Gasteiger partial charge in [-0.15, -0.1) is 0 Å². The van der Waals surface area contributed by atoms with Crippen molar-refractivity contribution in [1.29, 1.82) is 0 Å². The number of rotatable bonds is 0. The molecule has 1 aliphatic rings. The van der Waals surface area contributed by atoms with Crippen LogP contribution in [0.2, 0.25) is 0 Å². The van der Waals surface area contributed by atoms with E-state index in [9.17, 15) is 4.79 Å². The van der Waals surface area contributed by atoms with E-state index in [1.54, 1.807) is 11.0 Å². The molecule has 0 aliphatic carbocycles. The van der Waals surface area contributed by atoms with Gasteiger partial charge in [0.15, 0.2) is 0 Å². The maximum atomic E-state index is 11.9. The second kappa shape index (κ2) is 5.67. The number of nitrogens with two attached hydrogens (primary N) is 1. The Morgan fingerprint density at radius 2 is 2.11 bits per heavy atom. The Morgan fingerprint density at radius 1 is 1.44 bits per heavy atom. The van der Waals surface area contributed by atoms with E-state index in [0.717, 1.165) is 5.69 Å². The van der Waals surface area contributed by atoms with Crippen molar-refractivity contribution >= 4 is 11.9 Å². The van der Waals surface area contributed by atoms with Gasteiger partial charge in [-0.3, -0.25) is 4.68 Å². The molecule has 1 aromatic heterocycles. The van der Waals surface area contributed by atoms with E-state index in [0.29, 0.717) is 25.5 Å². The predicted molar refractivity (Wildman–Crippen MR) is 63.3 cm³/mol. The smallest absolute Gasteiger partial charge is 0.410 e. The molecule has 0 radical (unpaired) electrons. The second-order valence-electron chi connectivity index (χ2n) is 5.19. The number of nitrogen functional groups attached to an aromatic ring is 1. The van der Waals surface area contributed by atoms with Crippen molar-refractivity contribution in [2.75, 3.05) is 12.3 Å². The van der Waals surface area contributed by atoms with Crippen LogP contribution in [-0.4, -0.2) is 32.9 Å². The van der Waals surface area contributed by atoms with E-state index >= 15 is 0 Å². The van der Waals surface area contributed by atoms with Gasteiger partial charge in [-0.1, -0.05) is 0 Å². The topological polar surface area (TPSA) is 73.4 Å². The summed E-state index contributed by atoms with van der Waals surface area (Å²) >= 11 is 0. The molecule has 102 valence electrons. The van der Waals surface area contributed by atoms with Crippen LogP contribution in [0.4, 0.5) is 10.6 Å². The zero-order valence-electron chi connectivity index (χ0n) is 10.8. The van der Waals surface area contributed by atoms with Gasteiger partial charge >= 0.3 is 6.09 Å². The largest absolute Gasteiger partial charge is 0.444 e. The molecule has 2 heterocycles. The van der Waals surface area contributed by atoms with E-state index in [1.807, 2.05) is 25.5 Å². The third-order valence-electron chi connectivity index (χ3n) is 2.47. The molecule has 1 aromatic rings. The van der Waals surface area contributed by atoms with E-state index in [1.165, 1.54) is 0 Å². The summed E-state index contributed by atoms with van der Waals surface area (Å²) in [6.07, 6.45) is -0.288. The number of nitrogens with zero attached hydrogens (tertiary/aromatic N) is 3. The summed E-state index contributed by atoms with van der Waals surface area (Å²) in [7, 11) is 0. The van der Waals surface area contributed by atoms with Crippen LogP contribution in [0.3, 0.4) is 0 Å². The van der Waals surface area contributed by atoms with Crippen molar-refractivity contribution < 1.29 is 47.3 Å². The van der Waals surface area contributed by atoms with Gasteiger partial charge in [0.25, 0.3) is 0 Å². The van der Waals surface area contributed by atoms with E-state index < -0.39 is 5.60 Å². The Labute approximate surface area is 136 Å². The van der Waals surface area contributed by atoms with Crippen molar-refractivity contribution in [1.82, 2.24) is 14.7 Å². The van der Waals surface area contributed by atoms with Gasteiger partial charge in [0.1, 0.15) is 11.4 Å². The number of fused-ring (bicyclic) bond motifs is 1. The van der Waals surface area contributed by atoms with Gasteiger partial charge in [-0.25, -0.2) is 4.79 Å². The van der Waals surface area contributed by atoms with Crippen molar-refractivity contribution in [2.45, 2.75) is 39.5 Å². The normalized spacial score (nSPS) is 14.7. The average Bonchev–Trinajstić information content (AvgIpc) is 2.53. The first-order valence-corrected chi connectivity index (χ1v) is 5.65. The number of amides is 1. The number of carbonyl (C=O) groups is 1. The zero-order valence-corrected chi connectivity index (χ0v) is 11.5. The molecule has 1 aliphatic heterocycles. The van der Waals surface area contributed by atoms with Crippen LogP contribution in [0.15, 0.2) is 6.07 Å². The van der Waals surface area contributed by atoms with Gasteiger partial charge in [-0.2, -0.15) is 5.10 Å². The zero-order chi connectivity index (χ0) is 12.6. The van der Waals surface area contributed by atoms with Crippen LogP contribution < -0.4 is 5.73 Å². The molecular weight excluding hydrogens is 260 g/mol. The molecule has 0 saturated carbocycles. The summed E-state index contributed by atoms with van der Waals surface area (Å²) in [5, 5.41) is 4.14. The third-order valence-corrected chi connectivity index (χ3v) is 2.47. The fourth-order valence-corrected chi connectivity index (χ4v) is 1.77. The van der Waals surface area contributed by atoms with Crippen molar-refractivity contribution in [3.05, 3.63) is 11.8 Å². The van der Waals surface area contributed by atoms with Gasteiger partial charge in [0.2, 0.25) is 0 Å². The number of aromatic nitrogens is 2. The Hall–Kier alpha value is -0.460. The van der Waals surface area contributed by atoms with E-state index in [2.05, 4.69) is 5.10 Å². The fraction of sp³-hybridized carbons (Fsp3) is 0.636. The molecule has 2 N–H and O–H groups in total. The van der Waals surface area contributed by atoms with Crippen LogP contribution in [0.5, 0.6) is 0 Å². The van der Waals surface area contributed by atoms with Gasteiger partial charge in [-0.05, 0) is 20.8 Å². The van der Waals surface area contributed by atoms with Crippen LogP contribution in [0, 0.1) is 37.7 Å². The van der Waals surface area contributed by atoms with Crippen molar-refractivity contribution in [3.8, 4) is 0 Å². The summed E-state index contributed by atoms with van der Waals surface area (Å²) in [5.74, 6) is 0.492. The summed E-state index contributed by atoms with van der Waals surface area (Å²) in [5.41, 5.74) is 6.09. The van der Waals surface area contributed by atoms with E-state index in [-0.39, 0.29) is 43.8 Å². The minimum absolute atomic E-state index is 0. The first-order valence-electron chi connectivity index (χ1n) is 5.65. The SMILES string of the molecule is CC(C)(C)OC(=O)N1CCn2nc(N)cc2C1.[Ar]. The first kappa shape index (κ1) is 15.6. The molecule has 0 unspecified atom stereocenters. The van der Waals surface area contributed by atoms with Crippen LogP contribution in [0.1, 0.15) is 26.5 Å². The molecule has 0 fully saturated rings. The Kier molecular flexibility index (Phi) is 4.91. The van der Waals surface area contributed by atoms with Crippen molar-refractivity contribution in [3.63, 3.8) is 0 Å². The van der Waals surface area contributed by atoms with Gasteiger partial charge < -0.3 is 15.4 Å². The third kappa shape index (κ3) is 3.76. The molecule has 1 amide bonds. The molecule has 0 bridgehead atoms. The monoisotopic (exact) mass is 278 g/mol. The fourth-order valence-electron chi connectivity index (χ4n) is 1.77. The Morgan fingerprint density at radius 3 is 2.72 bits per heavy atom. The Balaban J connectivity index is 0.00000162. The number of hydrogen-bond donors (Lipinski definition) is 1. The van der Waals surface area contributed by atoms with E-state index in [4.69, 9.17) is 10.5 Å². The predicted octanol–water partition coefficient (Wildman–Crippen LogP) is 1.22. The van der Waals surface area contributed by atoms with Crippen molar-refractivity contribution in [2.24, 2.45) is 0 Å². The minimum Gasteiger partial charge on any atom is -0.444 e. The molecule has 2 rings (SSSR count). The second-order valence-corrected chi connectivity index (χ2v) is 5.19. The molecular formula is C11H18ArN4O2. The van der Waals surface area contributed by atoms with Crippen LogP contribution in [0.25, 0.3) is 0 Å².